The molecule has 4 rings (SSSR count). The molecule has 0 radical (unpaired) electrons. The van der Waals surface area contributed by atoms with Crippen molar-refractivity contribution in [3.63, 3.8) is 0 Å². The van der Waals surface area contributed by atoms with Gasteiger partial charge in [0.25, 0.3) is 11.1 Å². The van der Waals surface area contributed by atoms with Gasteiger partial charge in [0.05, 0.1) is 37.7 Å². The zero-order valence-electron chi connectivity index (χ0n) is 19.1. The first-order chi connectivity index (χ1) is 15.9. The third-order valence-corrected chi connectivity index (χ3v) is 4.98. The van der Waals surface area contributed by atoms with E-state index >= 15 is 0 Å². The molecule has 0 atom stereocenters. The fourth-order valence-electron chi connectivity index (χ4n) is 3.33. The minimum absolute atomic E-state index is 0. The van der Waals surface area contributed by atoms with Crippen LogP contribution < -0.4 is 32.7 Å². The summed E-state index contributed by atoms with van der Waals surface area (Å²) in [6.07, 6.45) is 2.77. The van der Waals surface area contributed by atoms with Crippen LogP contribution in [0.25, 0.3) is 22.3 Å². The van der Waals surface area contributed by atoms with Crippen molar-refractivity contribution in [3.8, 4) is 0 Å². The molecular formula is C18H18N8O8Zn. The predicted octanol–water partition coefficient (Wildman–Crippen LogP) is -5.64. The van der Waals surface area contributed by atoms with Crippen molar-refractivity contribution in [1.82, 2.24) is 37.4 Å². The Morgan fingerprint density at radius 2 is 1.03 bits per heavy atom. The van der Waals surface area contributed by atoms with Crippen LogP contribution in [0, 0.1) is 0 Å². The van der Waals surface area contributed by atoms with Gasteiger partial charge < -0.3 is 28.9 Å². The molecule has 0 bridgehead atoms. The number of carboxylic acid groups (broad SMARTS) is 2. The second-order valence-corrected chi connectivity index (χ2v) is 7.27. The molecule has 0 aliphatic carbocycles. The summed E-state index contributed by atoms with van der Waals surface area (Å²) < 4.78 is 6.34. The average molecular weight is 540 g/mol. The van der Waals surface area contributed by atoms with Gasteiger partial charge in [-0.1, -0.05) is 0 Å². The monoisotopic (exact) mass is 538 g/mol. The van der Waals surface area contributed by atoms with Crippen LogP contribution in [0.15, 0.2) is 31.8 Å². The number of rotatable bonds is 4. The third-order valence-electron chi connectivity index (χ3n) is 4.98. The zero-order chi connectivity index (χ0) is 25.5. The van der Waals surface area contributed by atoms with Gasteiger partial charge >= 0.3 is 30.9 Å². The van der Waals surface area contributed by atoms with E-state index in [2.05, 4.69) is 9.97 Å². The van der Waals surface area contributed by atoms with E-state index in [-0.39, 0.29) is 41.8 Å². The Hall–Kier alpha value is -4.14. The molecule has 0 saturated carbocycles. The molecule has 0 amide bonds. The first-order valence-electron chi connectivity index (χ1n) is 9.48. The summed E-state index contributed by atoms with van der Waals surface area (Å²) in [6.45, 7) is -1.54. The van der Waals surface area contributed by atoms with Gasteiger partial charge in [-0.05, 0) is 0 Å². The predicted molar refractivity (Wildman–Crippen MR) is 110 cm³/mol. The van der Waals surface area contributed by atoms with Gasteiger partial charge in [-0.15, -0.1) is 0 Å². The smallest absolute Gasteiger partial charge is 0.548 e. The van der Waals surface area contributed by atoms with Crippen LogP contribution in [0.3, 0.4) is 0 Å². The van der Waals surface area contributed by atoms with E-state index in [1.807, 2.05) is 0 Å². The number of carboxylic acids is 2. The Kier molecular flexibility index (Phi) is 7.75. The van der Waals surface area contributed by atoms with Crippen LogP contribution in [-0.2, 0) is 70.3 Å². The van der Waals surface area contributed by atoms with E-state index in [0.717, 1.165) is 9.13 Å². The summed E-state index contributed by atoms with van der Waals surface area (Å²) in [5, 5.41) is 21.0. The number of imidazole rings is 2. The molecule has 4 aromatic rings. The van der Waals surface area contributed by atoms with Gasteiger partial charge in [-0.25, -0.2) is 19.6 Å². The van der Waals surface area contributed by atoms with E-state index in [1.54, 1.807) is 14.1 Å². The second kappa shape index (κ2) is 10.0. The fourth-order valence-corrected chi connectivity index (χ4v) is 3.33. The van der Waals surface area contributed by atoms with Gasteiger partial charge in [0.1, 0.15) is 0 Å². The van der Waals surface area contributed by atoms with E-state index in [0.29, 0.717) is 9.13 Å². The van der Waals surface area contributed by atoms with Crippen molar-refractivity contribution in [3.05, 3.63) is 54.3 Å². The second-order valence-electron chi connectivity index (χ2n) is 7.27. The number of fused-ring (bicyclic) bond motifs is 2. The molecule has 4 aromatic heterocycles. The van der Waals surface area contributed by atoms with Crippen LogP contribution in [-0.4, -0.2) is 49.3 Å². The van der Waals surface area contributed by atoms with Crippen LogP contribution in [0.4, 0.5) is 0 Å². The Labute approximate surface area is 206 Å². The third kappa shape index (κ3) is 4.75. The number of carbonyl (C=O) groups is 2. The number of nitrogens with zero attached hydrogens (tertiary/aromatic N) is 8. The van der Waals surface area contributed by atoms with Gasteiger partial charge in [0.15, 0.2) is 22.3 Å². The number of aromatic nitrogens is 8. The molecule has 35 heavy (non-hydrogen) atoms. The van der Waals surface area contributed by atoms with Crippen molar-refractivity contribution in [2.24, 2.45) is 28.2 Å². The van der Waals surface area contributed by atoms with Crippen molar-refractivity contribution in [2.75, 3.05) is 0 Å². The Morgan fingerprint density at radius 3 is 1.31 bits per heavy atom. The Balaban J connectivity index is 0.000000240. The molecule has 17 heteroatoms. The molecular weight excluding hydrogens is 522 g/mol. The van der Waals surface area contributed by atoms with E-state index in [9.17, 15) is 39.0 Å². The van der Waals surface area contributed by atoms with Crippen LogP contribution in [0.5, 0.6) is 0 Å². The summed E-state index contributed by atoms with van der Waals surface area (Å²) in [6, 6.07) is 0. The van der Waals surface area contributed by atoms with Crippen LogP contribution in [0.2, 0.25) is 0 Å². The molecule has 4 heterocycles. The van der Waals surface area contributed by atoms with Gasteiger partial charge in [0.2, 0.25) is 0 Å². The number of hydrogen-bond donors (Lipinski definition) is 0. The molecule has 0 aliphatic rings. The largest absolute Gasteiger partial charge is 2.00 e. The fraction of sp³-hybridized carbons (Fsp3) is 0.333. The molecule has 0 unspecified atom stereocenters. The summed E-state index contributed by atoms with van der Waals surface area (Å²) in [5.74, 6) is -2.99. The first kappa shape index (κ1) is 27.1. The van der Waals surface area contributed by atoms with Crippen molar-refractivity contribution in [2.45, 2.75) is 13.1 Å². The minimum Gasteiger partial charge on any atom is -0.548 e. The molecule has 0 spiro atoms. The van der Waals surface area contributed by atoms with Crippen LogP contribution >= 0.6 is 0 Å². The van der Waals surface area contributed by atoms with Gasteiger partial charge in [-0.3, -0.25) is 27.9 Å². The van der Waals surface area contributed by atoms with E-state index in [1.165, 1.54) is 35.9 Å². The maximum Gasteiger partial charge on any atom is 2.00 e. The van der Waals surface area contributed by atoms with Crippen molar-refractivity contribution in [1.29, 1.82) is 0 Å². The first-order valence-corrected chi connectivity index (χ1v) is 9.48. The molecule has 0 aromatic carbocycles. The summed E-state index contributed by atoms with van der Waals surface area (Å²) >= 11 is 0. The summed E-state index contributed by atoms with van der Waals surface area (Å²) in [5.41, 5.74) is -2.05. The maximum atomic E-state index is 11.9. The Bertz CT molecular complexity index is 1570. The minimum atomic E-state index is -1.49. The molecule has 180 valence electrons. The molecule has 0 N–H and O–H groups in total. The number of aryl methyl sites for hydroxylation is 4. The summed E-state index contributed by atoms with van der Waals surface area (Å²) in [7, 11) is 6.01. The average Bonchev–Trinajstić information content (AvgIpc) is 3.34. The van der Waals surface area contributed by atoms with E-state index < -0.39 is 47.5 Å². The SMILES string of the molecule is Cn1cnc2c1c(=O)n(CC(=O)[O-])c(=O)n2C.Cn1cnc2c1c(=O)n(CC(=O)[O-])c(=O)n2C.[Zn+2]. The number of aliphatic carboxylic acids is 2. The van der Waals surface area contributed by atoms with Gasteiger partial charge in [-0.2, -0.15) is 0 Å². The zero-order valence-corrected chi connectivity index (χ0v) is 22.1. The standard InChI is InChI=1S/2C9H10N4O4.Zn/c2*1-11-4-10-7-6(11)8(16)13(3-5(14)15)9(17)12(7)2;/h2*4H,3H2,1-2H3,(H,14,15);/q;;+2/p-2. The summed E-state index contributed by atoms with van der Waals surface area (Å²) in [4.78, 5) is 76.1. The van der Waals surface area contributed by atoms with E-state index in [4.69, 9.17) is 0 Å². The van der Waals surface area contributed by atoms with Crippen molar-refractivity contribution >= 4 is 34.3 Å². The molecule has 0 fully saturated rings. The molecule has 0 saturated heterocycles. The number of hydrogen-bond acceptors (Lipinski definition) is 10. The molecule has 16 nitrogen and oxygen atoms in total. The topological polar surface area (TPSA) is 204 Å². The normalized spacial score (nSPS) is 10.6. The molecule has 0 aliphatic heterocycles. The number of carbonyl (C=O) groups excluding carboxylic acids is 2. The van der Waals surface area contributed by atoms with Crippen LogP contribution in [0.1, 0.15) is 0 Å². The quantitative estimate of drug-likeness (QED) is 0.225. The maximum absolute atomic E-state index is 11.9. The van der Waals surface area contributed by atoms with Gasteiger partial charge in [0, 0.05) is 28.2 Å². The van der Waals surface area contributed by atoms with Crippen molar-refractivity contribution < 1.29 is 39.3 Å². The Morgan fingerprint density at radius 1 is 0.714 bits per heavy atom.